The van der Waals surface area contributed by atoms with Crippen molar-refractivity contribution < 1.29 is 9.53 Å². The van der Waals surface area contributed by atoms with Gasteiger partial charge in [0.05, 0.1) is 24.7 Å². The van der Waals surface area contributed by atoms with Crippen LogP contribution < -0.4 is 15.7 Å². The summed E-state index contributed by atoms with van der Waals surface area (Å²) in [4.78, 5) is 32.3. The van der Waals surface area contributed by atoms with Crippen LogP contribution in [0.5, 0.6) is 5.88 Å². The first-order valence-corrected chi connectivity index (χ1v) is 11.8. The summed E-state index contributed by atoms with van der Waals surface area (Å²) in [5.74, 6) is 0.725. The van der Waals surface area contributed by atoms with Gasteiger partial charge in [-0.2, -0.15) is 0 Å². The molecule has 34 heavy (non-hydrogen) atoms. The van der Waals surface area contributed by atoms with Crippen molar-refractivity contribution in [2.24, 2.45) is 7.05 Å². The lowest BCUT2D eigenvalue weighted by Crippen LogP contribution is -2.35. The van der Waals surface area contributed by atoms with Gasteiger partial charge in [0.15, 0.2) is 5.65 Å². The Labute approximate surface area is 197 Å². The van der Waals surface area contributed by atoms with Crippen LogP contribution >= 0.6 is 0 Å². The zero-order chi connectivity index (χ0) is 24.0. The highest BCUT2D eigenvalue weighted by molar-refractivity contribution is 5.87. The highest BCUT2D eigenvalue weighted by Crippen LogP contribution is 2.38. The van der Waals surface area contributed by atoms with Gasteiger partial charge in [-0.15, -0.1) is 5.10 Å². The molecule has 3 heterocycles. The van der Waals surface area contributed by atoms with E-state index in [0.29, 0.717) is 29.6 Å². The van der Waals surface area contributed by atoms with Crippen LogP contribution in [0.2, 0.25) is 0 Å². The molecular formula is C24H31N7O3. The SMILES string of the molecule is C=CC(=O)N(C)C1CCC(n2cc(Nc3cn(C)nc3OC)c3ncc(C4CCC4)n3c2=O)C1. The van der Waals surface area contributed by atoms with Gasteiger partial charge in [-0.1, -0.05) is 13.0 Å². The number of carbonyl (C=O) groups is 1. The fraction of sp³-hybridized carbons (Fsp3) is 0.500. The van der Waals surface area contributed by atoms with Gasteiger partial charge in [0.2, 0.25) is 5.91 Å². The number of aromatic nitrogens is 5. The number of hydrogen-bond acceptors (Lipinski definition) is 6. The van der Waals surface area contributed by atoms with Crippen molar-refractivity contribution in [2.45, 2.75) is 56.5 Å². The Morgan fingerprint density at radius 3 is 2.74 bits per heavy atom. The first-order valence-electron chi connectivity index (χ1n) is 11.8. The number of hydrogen-bond donors (Lipinski definition) is 1. The van der Waals surface area contributed by atoms with E-state index in [0.717, 1.165) is 37.1 Å². The highest BCUT2D eigenvalue weighted by Gasteiger charge is 2.32. The smallest absolute Gasteiger partial charge is 0.334 e. The van der Waals surface area contributed by atoms with Crippen molar-refractivity contribution in [2.75, 3.05) is 19.5 Å². The van der Waals surface area contributed by atoms with Gasteiger partial charge in [0.25, 0.3) is 5.88 Å². The van der Waals surface area contributed by atoms with E-state index in [1.165, 1.54) is 12.5 Å². The van der Waals surface area contributed by atoms with Crippen LogP contribution in [0.15, 0.2) is 36.0 Å². The van der Waals surface area contributed by atoms with E-state index in [1.807, 2.05) is 30.2 Å². The second-order valence-electron chi connectivity index (χ2n) is 9.33. The third-order valence-electron chi connectivity index (χ3n) is 7.33. The van der Waals surface area contributed by atoms with E-state index in [-0.39, 0.29) is 23.7 Å². The number of nitrogens with zero attached hydrogens (tertiary/aromatic N) is 6. The topological polar surface area (TPSA) is 98.7 Å². The Morgan fingerprint density at radius 1 is 1.26 bits per heavy atom. The van der Waals surface area contributed by atoms with Crippen molar-refractivity contribution in [3.8, 4) is 5.88 Å². The third-order valence-corrected chi connectivity index (χ3v) is 7.33. The Balaban J connectivity index is 1.58. The Bertz CT molecular complexity index is 1300. The molecule has 0 aromatic carbocycles. The number of ether oxygens (including phenoxy) is 1. The van der Waals surface area contributed by atoms with Crippen molar-refractivity contribution in [1.82, 2.24) is 28.6 Å². The van der Waals surface area contributed by atoms with Crippen molar-refractivity contribution in [3.63, 3.8) is 0 Å². The fourth-order valence-corrected chi connectivity index (χ4v) is 5.18. The molecule has 0 aliphatic heterocycles. The lowest BCUT2D eigenvalue weighted by Gasteiger charge is -2.26. The Morgan fingerprint density at radius 2 is 2.06 bits per heavy atom. The summed E-state index contributed by atoms with van der Waals surface area (Å²) in [7, 11) is 5.21. The van der Waals surface area contributed by atoms with Gasteiger partial charge in [0, 0.05) is 44.5 Å². The molecule has 2 aliphatic rings. The van der Waals surface area contributed by atoms with E-state index >= 15 is 0 Å². The van der Waals surface area contributed by atoms with Gasteiger partial charge in [-0.3, -0.25) is 14.0 Å². The molecule has 2 saturated carbocycles. The second kappa shape index (κ2) is 8.66. The average molecular weight is 466 g/mol. The van der Waals surface area contributed by atoms with E-state index in [1.54, 1.807) is 28.1 Å². The van der Waals surface area contributed by atoms with E-state index in [9.17, 15) is 9.59 Å². The summed E-state index contributed by atoms with van der Waals surface area (Å²) in [5, 5.41) is 7.72. The summed E-state index contributed by atoms with van der Waals surface area (Å²) in [6.07, 6.45) is 12.5. The molecule has 1 N–H and O–H groups in total. The molecule has 3 aromatic rings. The number of aryl methyl sites for hydroxylation is 1. The molecule has 0 bridgehead atoms. The number of likely N-dealkylation sites (N-methyl/N-ethyl adjacent to an activating group) is 1. The maximum absolute atomic E-state index is 13.8. The molecule has 0 spiro atoms. The normalized spacial score (nSPS) is 20.3. The zero-order valence-electron chi connectivity index (χ0n) is 19.9. The number of methoxy groups -OCH3 is 1. The molecule has 2 fully saturated rings. The van der Waals surface area contributed by atoms with Crippen LogP contribution in [-0.4, -0.2) is 54.7 Å². The number of fused-ring (bicyclic) bond motifs is 1. The summed E-state index contributed by atoms with van der Waals surface area (Å²) >= 11 is 0. The first kappa shape index (κ1) is 22.2. The zero-order valence-corrected chi connectivity index (χ0v) is 19.9. The predicted octanol–water partition coefficient (Wildman–Crippen LogP) is 2.99. The van der Waals surface area contributed by atoms with E-state index < -0.39 is 0 Å². The Hall–Kier alpha value is -3.56. The monoisotopic (exact) mass is 465 g/mol. The minimum atomic E-state index is -0.0960. The van der Waals surface area contributed by atoms with E-state index in [4.69, 9.17) is 4.74 Å². The molecule has 3 aromatic heterocycles. The second-order valence-corrected chi connectivity index (χ2v) is 9.33. The standard InChI is InChI=1S/C24H31N7O3/c1-5-21(32)29(3)16-9-10-17(11-16)30-14-18(26-19-13-28(2)27-23(19)34-4)22-25-12-20(15-7-6-8-15)31(22)24(30)33/h5,12-17,26H,1,6-11H2,2-4H3. The molecular weight excluding hydrogens is 434 g/mol. The lowest BCUT2D eigenvalue weighted by atomic mass is 9.83. The number of carbonyl (C=O) groups excluding carboxylic acids is 1. The highest BCUT2D eigenvalue weighted by atomic mass is 16.5. The van der Waals surface area contributed by atoms with Crippen LogP contribution in [-0.2, 0) is 11.8 Å². The number of amides is 1. The number of nitrogens with one attached hydrogen (secondary N) is 1. The molecule has 2 unspecified atom stereocenters. The third kappa shape index (κ3) is 3.66. The molecule has 2 atom stereocenters. The number of imidazole rings is 1. The van der Waals surface area contributed by atoms with Crippen LogP contribution in [0.4, 0.5) is 11.4 Å². The maximum Gasteiger partial charge on any atom is 0.334 e. The molecule has 0 saturated heterocycles. The molecule has 180 valence electrons. The van der Waals surface area contributed by atoms with Crippen LogP contribution in [0.25, 0.3) is 5.65 Å². The molecule has 5 rings (SSSR count). The quantitative estimate of drug-likeness (QED) is 0.539. The molecule has 0 radical (unpaired) electrons. The molecule has 10 nitrogen and oxygen atoms in total. The van der Waals surface area contributed by atoms with Crippen LogP contribution in [0, 0.1) is 0 Å². The van der Waals surface area contributed by atoms with Crippen molar-refractivity contribution in [3.05, 3.63) is 47.4 Å². The van der Waals surface area contributed by atoms with Gasteiger partial charge < -0.3 is 15.0 Å². The Kier molecular flexibility index (Phi) is 5.66. The number of rotatable bonds is 7. The molecule has 2 aliphatic carbocycles. The maximum atomic E-state index is 13.8. The largest absolute Gasteiger partial charge is 0.478 e. The van der Waals surface area contributed by atoms with Crippen molar-refractivity contribution >= 4 is 22.9 Å². The van der Waals surface area contributed by atoms with Gasteiger partial charge in [-0.05, 0) is 38.2 Å². The van der Waals surface area contributed by atoms with Gasteiger partial charge in [0.1, 0.15) is 5.69 Å². The first-order chi connectivity index (χ1) is 16.4. The predicted molar refractivity (Wildman–Crippen MR) is 129 cm³/mol. The van der Waals surface area contributed by atoms with Gasteiger partial charge >= 0.3 is 5.69 Å². The summed E-state index contributed by atoms with van der Waals surface area (Å²) in [6, 6.07) is 0.0526. The summed E-state index contributed by atoms with van der Waals surface area (Å²) in [5.41, 5.74) is 2.90. The minimum Gasteiger partial charge on any atom is -0.478 e. The molecule has 1 amide bonds. The van der Waals surface area contributed by atoms with Crippen LogP contribution in [0.1, 0.15) is 56.2 Å². The number of anilines is 2. The van der Waals surface area contributed by atoms with Crippen molar-refractivity contribution in [1.29, 1.82) is 0 Å². The van der Waals surface area contributed by atoms with Gasteiger partial charge in [-0.25, -0.2) is 14.2 Å². The van der Waals surface area contributed by atoms with Crippen LogP contribution in [0.3, 0.4) is 0 Å². The summed E-state index contributed by atoms with van der Waals surface area (Å²) < 4.78 is 10.7. The van der Waals surface area contributed by atoms with E-state index in [2.05, 4.69) is 22.0 Å². The lowest BCUT2D eigenvalue weighted by molar-refractivity contribution is -0.126. The minimum absolute atomic E-state index is 0.0186. The average Bonchev–Trinajstić information content (AvgIpc) is 3.52. The molecule has 10 heteroatoms. The fourth-order valence-electron chi connectivity index (χ4n) is 5.18. The summed E-state index contributed by atoms with van der Waals surface area (Å²) in [6.45, 7) is 3.60.